The van der Waals surface area contributed by atoms with Crippen molar-refractivity contribution in [1.29, 1.82) is 0 Å². The van der Waals surface area contributed by atoms with Crippen LogP contribution in [0.15, 0.2) is 47.5 Å². The Labute approximate surface area is 137 Å². The maximum atomic E-state index is 13.7. The van der Waals surface area contributed by atoms with Crippen molar-refractivity contribution in [3.63, 3.8) is 0 Å². The number of aromatic nitrogens is 3. The van der Waals surface area contributed by atoms with Gasteiger partial charge >= 0.3 is 5.69 Å². The molecule has 0 amide bonds. The minimum atomic E-state index is -0.306. The molecule has 3 aromatic rings. The third-order valence-electron chi connectivity index (χ3n) is 4.56. The first-order valence-corrected chi connectivity index (χ1v) is 7.76. The highest BCUT2D eigenvalue weighted by molar-refractivity contribution is 5.59. The Morgan fingerprint density at radius 1 is 1.33 bits per heavy atom. The number of H-pyrrole nitrogens is 1. The second-order valence-electron chi connectivity index (χ2n) is 6.17. The zero-order valence-electron chi connectivity index (χ0n) is 13.0. The number of aromatic hydroxyl groups is 1. The fourth-order valence-electron chi connectivity index (χ4n) is 3.06. The number of hydrogen-bond acceptors (Lipinski definition) is 3. The molecular weight excluding hydrogens is 309 g/mol. The Kier molecular flexibility index (Phi) is 3.26. The van der Waals surface area contributed by atoms with E-state index >= 15 is 0 Å². The molecular formula is C18H16FN3O2. The quantitative estimate of drug-likeness (QED) is 0.777. The first kappa shape index (κ1) is 14.7. The normalized spacial score (nSPS) is 19.4. The van der Waals surface area contributed by atoms with Crippen LogP contribution in [-0.4, -0.2) is 19.6 Å². The molecule has 24 heavy (non-hydrogen) atoms. The molecule has 6 heteroatoms. The van der Waals surface area contributed by atoms with E-state index in [1.165, 1.54) is 16.8 Å². The van der Waals surface area contributed by atoms with E-state index in [4.69, 9.17) is 0 Å². The smallest absolute Gasteiger partial charge is 0.328 e. The SMILES string of the molecule is Cc1ccc(-c2ccc([C@H]3C[C@@H]3n3c(O)c[nH]c3=O)cn2)cc1F. The molecule has 122 valence electrons. The van der Waals surface area contributed by atoms with E-state index in [9.17, 15) is 14.3 Å². The zero-order chi connectivity index (χ0) is 16.8. The van der Waals surface area contributed by atoms with Gasteiger partial charge in [-0.25, -0.2) is 9.18 Å². The molecule has 0 aliphatic heterocycles. The lowest BCUT2D eigenvalue weighted by Crippen LogP contribution is -2.15. The van der Waals surface area contributed by atoms with Crippen LogP contribution >= 0.6 is 0 Å². The summed E-state index contributed by atoms with van der Waals surface area (Å²) in [6.45, 7) is 1.72. The van der Waals surface area contributed by atoms with Gasteiger partial charge in [0.25, 0.3) is 0 Å². The predicted octanol–water partition coefficient (Wildman–Crippen LogP) is 3.12. The number of imidazole rings is 1. The number of nitrogens with zero attached hydrogens (tertiary/aromatic N) is 2. The Morgan fingerprint density at radius 2 is 2.17 bits per heavy atom. The van der Waals surface area contributed by atoms with Crippen LogP contribution in [0.1, 0.15) is 29.5 Å². The van der Waals surface area contributed by atoms with E-state index < -0.39 is 0 Å². The van der Waals surface area contributed by atoms with Gasteiger partial charge in [-0.05, 0) is 36.6 Å². The highest BCUT2D eigenvalue weighted by Gasteiger charge is 2.42. The van der Waals surface area contributed by atoms with Gasteiger partial charge < -0.3 is 10.1 Å². The summed E-state index contributed by atoms with van der Waals surface area (Å²) in [6.07, 6.45) is 3.84. The van der Waals surface area contributed by atoms with Gasteiger partial charge in [-0.1, -0.05) is 18.2 Å². The predicted molar refractivity (Wildman–Crippen MR) is 87.5 cm³/mol. The average Bonchev–Trinajstić information content (AvgIpc) is 3.29. The molecule has 1 saturated carbocycles. The van der Waals surface area contributed by atoms with Gasteiger partial charge in [0.15, 0.2) is 0 Å². The van der Waals surface area contributed by atoms with Gasteiger partial charge in [0.2, 0.25) is 5.88 Å². The number of halogens is 1. The number of pyridine rings is 1. The monoisotopic (exact) mass is 325 g/mol. The summed E-state index contributed by atoms with van der Waals surface area (Å²) < 4.78 is 15.0. The third-order valence-corrected chi connectivity index (χ3v) is 4.56. The van der Waals surface area contributed by atoms with Crippen LogP contribution in [0.25, 0.3) is 11.3 Å². The summed E-state index contributed by atoms with van der Waals surface area (Å²) >= 11 is 0. The Hall–Kier alpha value is -2.89. The van der Waals surface area contributed by atoms with E-state index in [0.717, 1.165) is 17.5 Å². The van der Waals surface area contributed by atoms with E-state index in [1.807, 2.05) is 18.2 Å². The molecule has 2 aromatic heterocycles. The van der Waals surface area contributed by atoms with E-state index in [0.29, 0.717) is 11.3 Å². The summed E-state index contributed by atoms with van der Waals surface area (Å²) in [7, 11) is 0. The molecule has 2 atom stereocenters. The summed E-state index contributed by atoms with van der Waals surface area (Å²) in [4.78, 5) is 18.6. The molecule has 0 bridgehead atoms. The van der Waals surface area contributed by atoms with Crippen molar-refractivity contribution in [3.8, 4) is 17.1 Å². The standard InChI is InChI=1S/C18H16FN3O2/c1-10-2-3-11(6-14(10)19)15-5-4-12(8-20-15)13-7-16(13)22-17(23)9-21-18(22)24/h2-6,8-9,13,16,23H,7H2,1H3,(H,21,24)/t13-,16+/m1/s1. The average molecular weight is 325 g/mol. The van der Waals surface area contributed by atoms with Gasteiger partial charge in [-0.3, -0.25) is 9.55 Å². The lowest BCUT2D eigenvalue weighted by Gasteiger charge is -2.05. The highest BCUT2D eigenvalue weighted by Crippen LogP contribution is 2.51. The minimum absolute atomic E-state index is 0.0479. The molecule has 1 aromatic carbocycles. The summed E-state index contributed by atoms with van der Waals surface area (Å²) in [5.74, 6) is -0.143. The van der Waals surface area contributed by atoms with Gasteiger partial charge in [0, 0.05) is 23.7 Å². The zero-order valence-corrected chi connectivity index (χ0v) is 13.0. The lowest BCUT2D eigenvalue weighted by atomic mass is 10.1. The molecule has 0 radical (unpaired) electrons. The van der Waals surface area contributed by atoms with Gasteiger partial charge in [-0.2, -0.15) is 0 Å². The maximum absolute atomic E-state index is 13.7. The molecule has 0 unspecified atom stereocenters. The van der Waals surface area contributed by atoms with Crippen molar-refractivity contribution in [2.24, 2.45) is 0 Å². The van der Waals surface area contributed by atoms with Crippen LogP contribution in [0.3, 0.4) is 0 Å². The van der Waals surface area contributed by atoms with Gasteiger partial charge in [0.05, 0.1) is 11.9 Å². The molecule has 1 aliphatic carbocycles. The Balaban J connectivity index is 1.57. The molecule has 1 aliphatic rings. The molecule has 2 N–H and O–H groups in total. The molecule has 4 rings (SSSR count). The van der Waals surface area contributed by atoms with Crippen LogP contribution in [0.4, 0.5) is 4.39 Å². The van der Waals surface area contributed by atoms with Crippen LogP contribution in [0.5, 0.6) is 5.88 Å². The molecule has 5 nitrogen and oxygen atoms in total. The van der Waals surface area contributed by atoms with Crippen LogP contribution < -0.4 is 5.69 Å². The van der Waals surface area contributed by atoms with Crippen molar-refractivity contribution in [1.82, 2.24) is 14.5 Å². The highest BCUT2D eigenvalue weighted by atomic mass is 19.1. The number of nitrogens with one attached hydrogen (secondary N) is 1. The number of hydrogen-bond donors (Lipinski definition) is 2. The first-order chi connectivity index (χ1) is 11.5. The number of benzene rings is 1. The first-order valence-electron chi connectivity index (χ1n) is 7.76. The third kappa shape index (κ3) is 2.40. The van der Waals surface area contributed by atoms with E-state index in [-0.39, 0.29) is 29.3 Å². The summed E-state index contributed by atoms with van der Waals surface area (Å²) in [5, 5.41) is 9.73. The summed E-state index contributed by atoms with van der Waals surface area (Å²) in [5.41, 5.74) is 2.74. The van der Waals surface area contributed by atoms with Crippen molar-refractivity contribution in [2.75, 3.05) is 0 Å². The van der Waals surface area contributed by atoms with E-state index in [2.05, 4.69) is 9.97 Å². The van der Waals surface area contributed by atoms with E-state index in [1.54, 1.807) is 19.2 Å². The van der Waals surface area contributed by atoms with Crippen LogP contribution in [0, 0.1) is 12.7 Å². The van der Waals surface area contributed by atoms with Crippen molar-refractivity contribution in [3.05, 3.63) is 70.2 Å². The minimum Gasteiger partial charge on any atom is -0.493 e. The van der Waals surface area contributed by atoms with Gasteiger partial charge in [-0.15, -0.1) is 0 Å². The van der Waals surface area contributed by atoms with Crippen molar-refractivity contribution in [2.45, 2.75) is 25.3 Å². The molecule has 2 heterocycles. The number of aryl methyl sites for hydroxylation is 1. The Bertz CT molecular complexity index is 959. The Morgan fingerprint density at radius 3 is 2.79 bits per heavy atom. The largest absolute Gasteiger partial charge is 0.493 e. The molecule has 0 spiro atoms. The van der Waals surface area contributed by atoms with Crippen molar-refractivity contribution < 1.29 is 9.50 Å². The molecule has 1 fully saturated rings. The molecule has 0 saturated heterocycles. The number of aromatic amines is 1. The second-order valence-corrected chi connectivity index (χ2v) is 6.17. The van der Waals surface area contributed by atoms with Gasteiger partial charge in [0.1, 0.15) is 5.82 Å². The second kappa shape index (κ2) is 5.33. The van der Waals surface area contributed by atoms with Crippen LogP contribution in [-0.2, 0) is 0 Å². The lowest BCUT2D eigenvalue weighted by molar-refractivity contribution is 0.413. The topological polar surface area (TPSA) is 70.9 Å². The maximum Gasteiger partial charge on any atom is 0.328 e. The summed E-state index contributed by atoms with van der Waals surface area (Å²) in [6, 6.07) is 8.81. The van der Waals surface area contributed by atoms with Crippen molar-refractivity contribution >= 4 is 0 Å². The van der Waals surface area contributed by atoms with Crippen LogP contribution in [0.2, 0.25) is 0 Å². The fraction of sp³-hybridized carbons (Fsp3) is 0.222. The fourth-order valence-corrected chi connectivity index (χ4v) is 3.06. The number of rotatable bonds is 3.